The van der Waals surface area contributed by atoms with Crippen molar-refractivity contribution in [2.45, 2.75) is 38.6 Å². The van der Waals surface area contributed by atoms with Gasteiger partial charge in [-0.25, -0.2) is 0 Å². The first-order chi connectivity index (χ1) is 13.7. The number of aryl methyl sites for hydroxylation is 1. The molecular weight excluding hydrogens is 352 g/mol. The molecule has 154 valence electrons. The van der Waals surface area contributed by atoms with Gasteiger partial charge in [-0.3, -0.25) is 9.89 Å². The van der Waals surface area contributed by atoms with Crippen LogP contribution in [0.25, 0.3) is 0 Å². The van der Waals surface area contributed by atoms with Crippen molar-refractivity contribution in [3.8, 4) is 5.75 Å². The molecule has 0 saturated carbocycles. The minimum Gasteiger partial charge on any atom is -0.508 e. The van der Waals surface area contributed by atoms with Crippen LogP contribution >= 0.6 is 0 Å². The maximum atomic E-state index is 10.4. The van der Waals surface area contributed by atoms with E-state index in [2.05, 4.69) is 26.2 Å². The standard InChI is InChI=1S/C22H34N4O2/c1-23-22(26-9-8-17(16-26)15-25-10-12-28-13-11-25)24-14-20-19-5-3-2-4-18(19)6-7-21(20)27/h6-7,17,27H,2-5,8-16H2,1H3,(H,23,24). The van der Waals surface area contributed by atoms with Crippen molar-refractivity contribution in [1.29, 1.82) is 0 Å². The summed E-state index contributed by atoms with van der Waals surface area (Å²) in [7, 11) is 1.86. The second-order valence-corrected chi connectivity index (χ2v) is 8.32. The summed E-state index contributed by atoms with van der Waals surface area (Å²) in [6.07, 6.45) is 5.89. The van der Waals surface area contributed by atoms with Crippen LogP contribution < -0.4 is 5.32 Å². The smallest absolute Gasteiger partial charge is 0.193 e. The lowest BCUT2D eigenvalue weighted by Gasteiger charge is -2.29. The van der Waals surface area contributed by atoms with Crippen LogP contribution in [0.1, 0.15) is 36.0 Å². The number of aromatic hydroxyl groups is 1. The second-order valence-electron chi connectivity index (χ2n) is 8.32. The van der Waals surface area contributed by atoms with Gasteiger partial charge in [-0.1, -0.05) is 6.07 Å². The third-order valence-corrected chi connectivity index (χ3v) is 6.47. The lowest BCUT2D eigenvalue weighted by atomic mass is 9.88. The molecule has 0 bridgehead atoms. The molecule has 1 atom stereocenters. The van der Waals surface area contributed by atoms with Gasteiger partial charge in [0.1, 0.15) is 5.75 Å². The van der Waals surface area contributed by atoms with Crippen LogP contribution in [0.3, 0.4) is 0 Å². The number of guanidine groups is 1. The Hall–Kier alpha value is -1.79. The second kappa shape index (κ2) is 9.14. The van der Waals surface area contributed by atoms with Crippen LogP contribution in [0.4, 0.5) is 0 Å². The molecule has 1 unspecified atom stereocenters. The molecule has 28 heavy (non-hydrogen) atoms. The third kappa shape index (κ3) is 4.44. The van der Waals surface area contributed by atoms with E-state index in [-0.39, 0.29) is 0 Å². The van der Waals surface area contributed by atoms with Crippen molar-refractivity contribution in [3.63, 3.8) is 0 Å². The Labute approximate surface area is 168 Å². The summed E-state index contributed by atoms with van der Waals surface area (Å²) in [5, 5.41) is 14.0. The van der Waals surface area contributed by atoms with Crippen molar-refractivity contribution >= 4 is 5.96 Å². The average molecular weight is 387 g/mol. The maximum absolute atomic E-state index is 10.4. The Morgan fingerprint density at radius 2 is 2.04 bits per heavy atom. The Kier molecular flexibility index (Phi) is 6.37. The first-order valence-electron chi connectivity index (χ1n) is 10.8. The molecule has 0 aromatic heterocycles. The molecule has 4 rings (SSSR count). The Bertz CT molecular complexity index is 700. The van der Waals surface area contributed by atoms with Gasteiger partial charge in [-0.05, 0) is 55.2 Å². The fraction of sp³-hybridized carbons (Fsp3) is 0.682. The number of benzene rings is 1. The predicted octanol–water partition coefficient (Wildman–Crippen LogP) is 2.00. The largest absolute Gasteiger partial charge is 0.508 e. The molecule has 0 radical (unpaired) electrons. The molecule has 2 aliphatic heterocycles. The molecule has 2 fully saturated rings. The van der Waals surface area contributed by atoms with Crippen LogP contribution in [0.2, 0.25) is 0 Å². The quantitative estimate of drug-likeness (QED) is 0.612. The van der Waals surface area contributed by atoms with Crippen LogP contribution in [-0.4, -0.2) is 73.9 Å². The normalized spacial score (nSPS) is 23.7. The summed E-state index contributed by atoms with van der Waals surface area (Å²) in [5.74, 6) is 2.06. The van der Waals surface area contributed by atoms with E-state index in [1.54, 1.807) is 0 Å². The van der Waals surface area contributed by atoms with Gasteiger partial charge >= 0.3 is 0 Å². The van der Waals surface area contributed by atoms with E-state index >= 15 is 0 Å². The summed E-state index contributed by atoms with van der Waals surface area (Å²) >= 11 is 0. The zero-order chi connectivity index (χ0) is 19.3. The Balaban J connectivity index is 1.34. The van der Waals surface area contributed by atoms with Gasteiger partial charge in [0.2, 0.25) is 0 Å². The van der Waals surface area contributed by atoms with Crippen molar-refractivity contribution in [2.24, 2.45) is 10.9 Å². The number of rotatable bonds is 4. The van der Waals surface area contributed by atoms with E-state index in [1.165, 1.54) is 30.4 Å². The first-order valence-corrected chi connectivity index (χ1v) is 10.8. The number of phenols is 1. The van der Waals surface area contributed by atoms with Gasteiger partial charge in [0.15, 0.2) is 5.96 Å². The topological polar surface area (TPSA) is 60.3 Å². The van der Waals surface area contributed by atoms with Crippen molar-refractivity contribution in [1.82, 2.24) is 15.1 Å². The molecule has 1 aliphatic carbocycles. The zero-order valence-electron chi connectivity index (χ0n) is 17.1. The lowest BCUT2D eigenvalue weighted by molar-refractivity contribution is 0.0315. The van der Waals surface area contributed by atoms with Crippen LogP contribution in [0.15, 0.2) is 17.1 Å². The number of phenolic OH excluding ortho intramolecular Hbond substituents is 1. The Morgan fingerprint density at radius 1 is 1.21 bits per heavy atom. The maximum Gasteiger partial charge on any atom is 0.193 e. The number of hydrogen-bond donors (Lipinski definition) is 2. The lowest BCUT2D eigenvalue weighted by Crippen LogP contribution is -2.42. The fourth-order valence-corrected chi connectivity index (χ4v) is 4.91. The van der Waals surface area contributed by atoms with Crippen LogP contribution in [-0.2, 0) is 24.1 Å². The van der Waals surface area contributed by atoms with E-state index in [1.807, 2.05) is 13.1 Å². The van der Waals surface area contributed by atoms with Crippen LogP contribution in [0, 0.1) is 5.92 Å². The summed E-state index contributed by atoms with van der Waals surface area (Å²) < 4.78 is 5.46. The molecule has 1 aromatic carbocycles. The Morgan fingerprint density at radius 3 is 2.86 bits per heavy atom. The molecule has 2 heterocycles. The molecule has 2 N–H and O–H groups in total. The van der Waals surface area contributed by atoms with E-state index in [4.69, 9.17) is 4.74 Å². The molecule has 0 spiro atoms. The number of hydrogen-bond acceptors (Lipinski definition) is 4. The minimum absolute atomic E-state index is 0.412. The molecule has 3 aliphatic rings. The van der Waals surface area contributed by atoms with Gasteiger partial charge in [-0.2, -0.15) is 0 Å². The number of nitrogens with zero attached hydrogens (tertiary/aromatic N) is 3. The number of fused-ring (bicyclic) bond motifs is 1. The highest BCUT2D eigenvalue weighted by atomic mass is 16.5. The first kappa shape index (κ1) is 19.5. The molecule has 2 saturated heterocycles. The van der Waals surface area contributed by atoms with Crippen molar-refractivity contribution < 1.29 is 9.84 Å². The molecular formula is C22H34N4O2. The van der Waals surface area contributed by atoms with Gasteiger partial charge in [-0.15, -0.1) is 0 Å². The minimum atomic E-state index is 0.412. The summed E-state index contributed by atoms with van der Waals surface area (Å²) in [6.45, 7) is 7.75. The van der Waals surface area contributed by atoms with Gasteiger partial charge < -0.3 is 20.1 Å². The third-order valence-electron chi connectivity index (χ3n) is 6.47. The average Bonchev–Trinajstić information content (AvgIpc) is 3.19. The van der Waals surface area contributed by atoms with Gasteiger partial charge in [0, 0.05) is 51.9 Å². The zero-order valence-corrected chi connectivity index (χ0v) is 17.1. The molecule has 0 amide bonds. The molecule has 6 nitrogen and oxygen atoms in total. The van der Waals surface area contributed by atoms with Gasteiger partial charge in [0.25, 0.3) is 0 Å². The van der Waals surface area contributed by atoms with E-state index in [0.29, 0.717) is 18.2 Å². The highest BCUT2D eigenvalue weighted by Crippen LogP contribution is 2.30. The predicted molar refractivity (Wildman–Crippen MR) is 112 cm³/mol. The fourth-order valence-electron chi connectivity index (χ4n) is 4.91. The highest BCUT2D eigenvalue weighted by molar-refractivity contribution is 5.80. The van der Waals surface area contributed by atoms with E-state index < -0.39 is 0 Å². The summed E-state index contributed by atoms with van der Waals surface area (Å²) in [4.78, 5) is 9.43. The SMILES string of the molecule is CN=C(NCc1c(O)ccc2c1CCCC2)N1CCC(CN2CCOCC2)C1. The monoisotopic (exact) mass is 386 g/mol. The van der Waals surface area contributed by atoms with Crippen molar-refractivity contribution in [3.05, 3.63) is 28.8 Å². The number of aliphatic imine (C=N–C) groups is 1. The number of ether oxygens (including phenoxy) is 1. The van der Waals surface area contributed by atoms with E-state index in [0.717, 1.165) is 70.3 Å². The number of nitrogens with one attached hydrogen (secondary N) is 1. The number of morpholine rings is 1. The van der Waals surface area contributed by atoms with Gasteiger partial charge in [0.05, 0.1) is 13.2 Å². The molecule has 1 aromatic rings. The van der Waals surface area contributed by atoms with E-state index in [9.17, 15) is 5.11 Å². The highest BCUT2D eigenvalue weighted by Gasteiger charge is 2.27. The summed E-state index contributed by atoms with van der Waals surface area (Å²) in [6, 6.07) is 3.96. The van der Waals surface area contributed by atoms with Crippen LogP contribution in [0.5, 0.6) is 5.75 Å². The summed E-state index contributed by atoms with van der Waals surface area (Å²) in [5.41, 5.74) is 3.81. The number of likely N-dealkylation sites (tertiary alicyclic amines) is 1. The van der Waals surface area contributed by atoms with Crippen molar-refractivity contribution in [2.75, 3.05) is 53.0 Å². The molecule has 6 heteroatoms.